The average Bonchev–Trinajstić information content (AvgIpc) is 3.28. The molecule has 4 aromatic rings. The summed E-state index contributed by atoms with van der Waals surface area (Å²) in [5.41, 5.74) is 12.4. The van der Waals surface area contributed by atoms with E-state index in [1.807, 2.05) is 0 Å². The van der Waals surface area contributed by atoms with Crippen molar-refractivity contribution in [2.45, 2.75) is 49.2 Å². The molecule has 11 atom stereocenters. The highest BCUT2D eigenvalue weighted by atomic mass is 32.7. The largest absolute Gasteiger partial charge is 0.472 e. The number of anilines is 2. The number of hydrogen-bond donors (Lipinski definition) is 6. The molecule has 240 valence electrons. The van der Waals surface area contributed by atoms with Gasteiger partial charge in [0.1, 0.15) is 47.9 Å². The molecule has 2 aliphatic heterocycles. The number of fused-ring (bicyclic) bond motifs is 4. The molecular formula is C23H27N9O10P2S. The normalized spacial score (nSPS) is 41.7. The molecule has 8 rings (SSSR count). The lowest BCUT2D eigenvalue weighted by Crippen LogP contribution is -2.37. The van der Waals surface area contributed by atoms with Crippen molar-refractivity contribution >= 4 is 60.7 Å². The van der Waals surface area contributed by atoms with Crippen molar-refractivity contribution in [1.29, 1.82) is 0 Å². The van der Waals surface area contributed by atoms with Crippen molar-refractivity contribution in [2.75, 3.05) is 24.7 Å². The van der Waals surface area contributed by atoms with Gasteiger partial charge in [-0.2, -0.15) is 0 Å². The number of aliphatic hydroxyl groups excluding tert-OH is 2. The van der Waals surface area contributed by atoms with Gasteiger partial charge in [-0.1, -0.05) is 12.2 Å². The number of pyridine rings is 1. The molecule has 0 radical (unpaired) electrons. The molecule has 2 saturated carbocycles. The van der Waals surface area contributed by atoms with Gasteiger partial charge in [-0.15, -0.1) is 0 Å². The number of ether oxygens (including phenoxy) is 1. The summed E-state index contributed by atoms with van der Waals surface area (Å²) in [6.07, 6.45) is -2.29. The maximum absolute atomic E-state index is 13.6. The van der Waals surface area contributed by atoms with Gasteiger partial charge in [0.15, 0.2) is 23.3 Å². The molecule has 0 aromatic carbocycles. The van der Waals surface area contributed by atoms with Gasteiger partial charge in [-0.05, 0) is 18.4 Å². The minimum Gasteiger partial charge on any atom is -0.397 e. The Morgan fingerprint density at radius 1 is 0.978 bits per heavy atom. The summed E-state index contributed by atoms with van der Waals surface area (Å²) < 4.78 is 58.5. The van der Waals surface area contributed by atoms with Crippen LogP contribution in [0.3, 0.4) is 0 Å². The summed E-state index contributed by atoms with van der Waals surface area (Å²) in [5, 5.41) is 22.7. The van der Waals surface area contributed by atoms with Crippen molar-refractivity contribution in [1.82, 2.24) is 34.1 Å². The highest BCUT2D eigenvalue weighted by molar-refractivity contribution is 8.44. The van der Waals surface area contributed by atoms with Crippen LogP contribution in [-0.4, -0.2) is 92.9 Å². The SMILES string of the molecule is Nc1ncnc2c1ncn2[C@H]1[C@H](O)[C@@H]2O[P@](=O)(S)OC[C@H]3O[C@@H](n4cnc5c(N)ccnc54)[C@H](OP(=O)(O)OCC24C[C@H]14)[C@@H]3O. The van der Waals surface area contributed by atoms with E-state index >= 15 is 0 Å². The topological polar surface area (TPSA) is 267 Å². The number of hydrogen-bond acceptors (Lipinski definition) is 16. The van der Waals surface area contributed by atoms with Gasteiger partial charge in [0.05, 0.1) is 37.6 Å². The highest BCUT2D eigenvalue weighted by Gasteiger charge is 2.74. The van der Waals surface area contributed by atoms with E-state index < -0.39 is 82.0 Å². The van der Waals surface area contributed by atoms with E-state index in [9.17, 15) is 24.2 Å². The fraction of sp³-hybridized carbons (Fsp3) is 0.522. The summed E-state index contributed by atoms with van der Waals surface area (Å²) in [5.74, 6) is -0.262. The molecule has 1 spiro atoms. The van der Waals surface area contributed by atoms with Crippen LogP contribution in [0.15, 0.2) is 31.2 Å². The van der Waals surface area contributed by atoms with Crippen molar-refractivity contribution < 1.29 is 47.1 Å². The highest BCUT2D eigenvalue weighted by Crippen LogP contribution is 2.73. The summed E-state index contributed by atoms with van der Waals surface area (Å²) in [7, 11) is -4.93. The Morgan fingerprint density at radius 3 is 2.56 bits per heavy atom. The fourth-order valence-corrected chi connectivity index (χ4v) is 9.34. The molecule has 22 heteroatoms. The second kappa shape index (κ2) is 10.1. The lowest BCUT2D eigenvalue weighted by molar-refractivity contribution is -0.0592. The summed E-state index contributed by atoms with van der Waals surface area (Å²) in [4.78, 5) is 31.9. The van der Waals surface area contributed by atoms with E-state index in [1.165, 1.54) is 29.7 Å². The zero-order valence-electron chi connectivity index (χ0n) is 23.0. The fourth-order valence-electron chi connectivity index (χ4n) is 6.82. The first kappa shape index (κ1) is 29.6. The number of nitrogen functional groups attached to an aromatic ring is 2. The van der Waals surface area contributed by atoms with E-state index in [0.29, 0.717) is 28.8 Å². The van der Waals surface area contributed by atoms with E-state index in [0.717, 1.165) is 0 Å². The number of phosphoric ester groups is 1. The van der Waals surface area contributed by atoms with Gasteiger partial charge >= 0.3 is 14.6 Å². The molecular weight excluding hydrogens is 656 g/mol. The molecule has 0 amide bonds. The van der Waals surface area contributed by atoms with Gasteiger partial charge < -0.3 is 35.9 Å². The Balaban J connectivity index is 1.14. The number of nitrogens with two attached hydrogens (primary N) is 2. The van der Waals surface area contributed by atoms with Crippen molar-refractivity contribution in [2.24, 2.45) is 11.3 Å². The average molecular weight is 684 g/mol. The van der Waals surface area contributed by atoms with E-state index in [4.69, 9.17) is 34.3 Å². The maximum Gasteiger partial charge on any atom is 0.472 e. The second-order valence-electron chi connectivity index (χ2n) is 11.5. The number of phosphoric acid groups is 1. The van der Waals surface area contributed by atoms with Crippen LogP contribution >= 0.6 is 26.9 Å². The van der Waals surface area contributed by atoms with Crippen molar-refractivity contribution in [3.05, 3.63) is 31.2 Å². The van der Waals surface area contributed by atoms with Gasteiger partial charge in [0, 0.05) is 11.6 Å². The minimum absolute atomic E-state index is 0.144. The lowest BCUT2D eigenvalue weighted by Gasteiger charge is -2.30. The zero-order valence-corrected chi connectivity index (χ0v) is 25.6. The van der Waals surface area contributed by atoms with Crippen LogP contribution in [0.5, 0.6) is 0 Å². The molecule has 4 aliphatic rings. The van der Waals surface area contributed by atoms with Gasteiger partial charge in [0.25, 0.3) is 0 Å². The van der Waals surface area contributed by atoms with Crippen molar-refractivity contribution in [3.8, 4) is 0 Å². The number of imidazole rings is 2. The third-order valence-corrected chi connectivity index (χ3v) is 11.6. The van der Waals surface area contributed by atoms with Gasteiger partial charge in [-0.3, -0.25) is 22.7 Å². The number of aliphatic hydroxyl groups is 2. The number of rotatable bonds is 2. The van der Waals surface area contributed by atoms with Crippen LogP contribution < -0.4 is 11.5 Å². The molecule has 4 aromatic heterocycles. The van der Waals surface area contributed by atoms with E-state index in [1.54, 1.807) is 10.6 Å². The first-order valence-electron chi connectivity index (χ1n) is 13.7. The van der Waals surface area contributed by atoms with E-state index in [2.05, 4.69) is 37.2 Å². The molecule has 2 aliphatic carbocycles. The number of thiol groups is 1. The maximum atomic E-state index is 13.6. The third-order valence-electron chi connectivity index (χ3n) is 9.00. The first-order valence-corrected chi connectivity index (χ1v) is 17.9. The minimum atomic E-state index is -4.93. The van der Waals surface area contributed by atoms with E-state index in [-0.39, 0.29) is 11.5 Å². The smallest absolute Gasteiger partial charge is 0.397 e. The van der Waals surface area contributed by atoms with Gasteiger partial charge in [0.2, 0.25) is 0 Å². The molecule has 7 N–H and O–H groups in total. The Labute approximate surface area is 258 Å². The quantitative estimate of drug-likeness (QED) is 0.124. The number of nitrogens with zero attached hydrogens (tertiary/aromatic N) is 7. The predicted molar refractivity (Wildman–Crippen MR) is 155 cm³/mol. The number of aromatic nitrogens is 7. The molecule has 4 fully saturated rings. The molecule has 2 saturated heterocycles. The summed E-state index contributed by atoms with van der Waals surface area (Å²) >= 11 is 4.15. The molecule has 2 unspecified atom stereocenters. The van der Waals surface area contributed by atoms with Crippen LogP contribution in [0.25, 0.3) is 22.3 Å². The standard InChI is InChI=1S/C23H27N9O10P2S/c24-10-1-2-26-20-12(10)29-8-32(20)22-17-15(33)11(40-22)4-38-44(37,45)42-18-16(34)14(9-3-23(9,18)5-39-43(35,36)41-17)31-7-30-13-19(25)27-6-28-21(13)31/h1-2,6-9,11,14-18,22,33-34H,3-5H2,(H2,24,26)(H,35,36)(H,37,45)(H2,25,27,28)/t9-,11-,14-,15-,16+,17-,18+,22-,23?,44-/m1/s1. The van der Waals surface area contributed by atoms with Crippen LogP contribution in [-0.2, 0) is 32.0 Å². The Morgan fingerprint density at radius 2 is 1.73 bits per heavy atom. The predicted octanol–water partition coefficient (Wildman–Crippen LogP) is 0.571. The first-order chi connectivity index (χ1) is 21.4. The van der Waals surface area contributed by atoms with Crippen molar-refractivity contribution in [3.63, 3.8) is 0 Å². The Kier molecular flexibility index (Phi) is 6.67. The molecule has 45 heavy (non-hydrogen) atoms. The monoisotopic (exact) mass is 683 g/mol. The van der Waals surface area contributed by atoms with Crippen LogP contribution in [0.4, 0.5) is 11.5 Å². The van der Waals surface area contributed by atoms with Gasteiger partial charge in [-0.25, -0.2) is 34.0 Å². The Bertz CT molecular complexity index is 1930. The second-order valence-corrected chi connectivity index (χ2v) is 15.8. The molecule has 19 nitrogen and oxygen atoms in total. The Hall–Kier alpha value is -2.74. The van der Waals surface area contributed by atoms with Crippen LogP contribution in [0.2, 0.25) is 0 Å². The van der Waals surface area contributed by atoms with Crippen LogP contribution in [0.1, 0.15) is 18.7 Å². The lowest BCUT2D eigenvalue weighted by atomic mass is 10.0. The third kappa shape index (κ3) is 4.63. The van der Waals surface area contributed by atoms with Crippen LogP contribution in [0, 0.1) is 11.3 Å². The summed E-state index contributed by atoms with van der Waals surface area (Å²) in [6, 6.07) is 0.826. The molecule has 2 bridgehead atoms. The zero-order chi connectivity index (χ0) is 31.5. The molecule has 6 heterocycles. The summed E-state index contributed by atoms with van der Waals surface area (Å²) in [6.45, 7) is -5.23.